The van der Waals surface area contributed by atoms with Crippen LogP contribution in [0.25, 0.3) is 10.6 Å². The SMILES string of the molecule is Cc1nc(C)c(-c2csc(NC(=O)C3CN(Cc4cccc(C(F)(F)F)c4)C3)n2)s1. The van der Waals surface area contributed by atoms with Crippen LogP contribution in [0.5, 0.6) is 0 Å². The fourth-order valence-electron chi connectivity index (χ4n) is 3.38. The van der Waals surface area contributed by atoms with Gasteiger partial charge >= 0.3 is 6.18 Å². The van der Waals surface area contributed by atoms with E-state index in [4.69, 9.17) is 0 Å². The van der Waals surface area contributed by atoms with E-state index in [1.165, 1.54) is 17.4 Å². The number of amides is 1. The topological polar surface area (TPSA) is 58.1 Å². The second-order valence-electron chi connectivity index (χ2n) is 7.26. The lowest BCUT2D eigenvalue weighted by Crippen LogP contribution is -2.51. The van der Waals surface area contributed by atoms with Crippen molar-refractivity contribution in [1.82, 2.24) is 14.9 Å². The number of likely N-dealkylation sites (tertiary alicyclic amines) is 1. The monoisotopic (exact) mass is 452 g/mol. The van der Waals surface area contributed by atoms with Crippen molar-refractivity contribution in [2.24, 2.45) is 5.92 Å². The molecule has 1 aromatic carbocycles. The highest BCUT2D eigenvalue weighted by molar-refractivity contribution is 7.16. The Balaban J connectivity index is 1.31. The van der Waals surface area contributed by atoms with E-state index in [0.29, 0.717) is 30.3 Å². The zero-order valence-corrected chi connectivity index (χ0v) is 17.9. The van der Waals surface area contributed by atoms with Gasteiger partial charge in [-0.15, -0.1) is 22.7 Å². The van der Waals surface area contributed by atoms with Gasteiger partial charge in [0, 0.05) is 25.0 Å². The van der Waals surface area contributed by atoms with Gasteiger partial charge in [-0.25, -0.2) is 9.97 Å². The normalized spacial score (nSPS) is 15.2. The predicted octanol–water partition coefficient (Wildman–Crippen LogP) is 4.97. The number of benzene rings is 1. The number of nitrogens with zero attached hydrogens (tertiary/aromatic N) is 3. The van der Waals surface area contributed by atoms with Gasteiger partial charge in [0.1, 0.15) is 0 Å². The van der Waals surface area contributed by atoms with E-state index in [1.54, 1.807) is 17.4 Å². The summed E-state index contributed by atoms with van der Waals surface area (Å²) in [6.45, 7) is 5.28. The Hall–Kier alpha value is -2.30. The van der Waals surface area contributed by atoms with Gasteiger partial charge < -0.3 is 5.32 Å². The van der Waals surface area contributed by atoms with Gasteiger partial charge in [0.25, 0.3) is 0 Å². The predicted molar refractivity (Wildman–Crippen MR) is 112 cm³/mol. The molecule has 5 nitrogen and oxygen atoms in total. The summed E-state index contributed by atoms with van der Waals surface area (Å²) in [7, 11) is 0. The summed E-state index contributed by atoms with van der Waals surface area (Å²) in [6, 6.07) is 5.30. The molecule has 1 N–H and O–H groups in total. The highest BCUT2D eigenvalue weighted by atomic mass is 32.1. The molecule has 1 aliphatic rings. The molecule has 0 atom stereocenters. The van der Waals surface area contributed by atoms with Crippen molar-refractivity contribution in [3.05, 3.63) is 51.5 Å². The number of rotatable bonds is 5. The van der Waals surface area contributed by atoms with Crippen LogP contribution >= 0.6 is 22.7 Å². The van der Waals surface area contributed by atoms with Gasteiger partial charge in [0.2, 0.25) is 5.91 Å². The first kappa shape index (κ1) is 21.0. The molecule has 0 unspecified atom stereocenters. The van der Waals surface area contributed by atoms with Crippen molar-refractivity contribution < 1.29 is 18.0 Å². The summed E-state index contributed by atoms with van der Waals surface area (Å²) >= 11 is 2.93. The summed E-state index contributed by atoms with van der Waals surface area (Å²) in [5.74, 6) is -0.316. The molecule has 0 spiro atoms. The molecule has 0 saturated carbocycles. The van der Waals surface area contributed by atoms with Gasteiger partial charge in [0.05, 0.1) is 32.8 Å². The molecule has 4 rings (SSSR count). The number of carbonyl (C=O) groups is 1. The van der Waals surface area contributed by atoms with Crippen LogP contribution in [-0.2, 0) is 17.5 Å². The average Bonchev–Trinajstić information content (AvgIpc) is 3.22. The van der Waals surface area contributed by atoms with Gasteiger partial charge in [-0.2, -0.15) is 13.2 Å². The fraction of sp³-hybridized carbons (Fsp3) is 0.350. The number of aromatic nitrogens is 2. The fourth-order valence-corrected chi connectivity index (χ4v) is 5.04. The summed E-state index contributed by atoms with van der Waals surface area (Å²) in [6.07, 6.45) is -4.35. The third-order valence-electron chi connectivity index (χ3n) is 4.86. The van der Waals surface area contributed by atoms with Crippen molar-refractivity contribution >= 4 is 33.7 Å². The number of anilines is 1. The molecule has 1 amide bonds. The molecule has 2 aromatic heterocycles. The van der Waals surface area contributed by atoms with Gasteiger partial charge in [-0.05, 0) is 25.5 Å². The number of alkyl halides is 3. The Morgan fingerprint density at radius 2 is 2.03 bits per heavy atom. The quantitative estimate of drug-likeness (QED) is 0.594. The Labute approximate surface area is 179 Å². The second-order valence-corrected chi connectivity index (χ2v) is 9.33. The molecular formula is C20H19F3N4OS2. The number of thiazole rings is 2. The van der Waals surface area contributed by atoms with Gasteiger partial charge in [-0.3, -0.25) is 9.69 Å². The number of halogens is 3. The highest BCUT2D eigenvalue weighted by Crippen LogP contribution is 2.33. The maximum atomic E-state index is 12.8. The molecular weight excluding hydrogens is 433 g/mol. The van der Waals surface area contributed by atoms with Gasteiger partial charge in [0.15, 0.2) is 5.13 Å². The lowest BCUT2D eigenvalue weighted by Gasteiger charge is -2.38. The van der Waals surface area contributed by atoms with Crippen LogP contribution in [0.15, 0.2) is 29.6 Å². The molecule has 158 valence electrons. The number of hydrogen-bond acceptors (Lipinski definition) is 6. The first-order chi connectivity index (χ1) is 14.2. The van der Waals surface area contributed by atoms with E-state index in [2.05, 4.69) is 15.3 Å². The molecule has 30 heavy (non-hydrogen) atoms. The highest BCUT2D eigenvalue weighted by Gasteiger charge is 2.34. The lowest BCUT2D eigenvalue weighted by molar-refractivity contribution is -0.137. The molecule has 0 bridgehead atoms. The smallest absolute Gasteiger partial charge is 0.302 e. The molecule has 1 saturated heterocycles. The summed E-state index contributed by atoms with van der Waals surface area (Å²) in [5.41, 5.74) is 1.66. The van der Waals surface area contributed by atoms with E-state index >= 15 is 0 Å². The van der Waals surface area contributed by atoms with E-state index in [-0.39, 0.29) is 11.8 Å². The third-order valence-corrected chi connectivity index (χ3v) is 6.71. The van der Waals surface area contributed by atoms with Gasteiger partial charge in [-0.1, -0.05) is 18.2 Å². The van der Waals surface area contributed by atoms with Crippen LogP contribution in [0.3, 0.4) is 0 Å². The average molecular weight is 453 g/mol. The van der Waals surface area contributed by atoms with E-state index in [9.17, 15) is 18.0 Å². The van der Waals surface area contributed by atoms with Crippen molar-refractivity contribution in [3.8, 4) is 10.6 Å². The molecule has 3 heterocycles. The zero-order valence-electron chi connectivity index (χ0n) is 16.3. The maximum absolute atomic E-state index is 12.8. The van der Waals surface area contributed by atoms with E-state index < -0.39 is 11.7 Å². The molecule has 1 fully saturated rings. The minimum Gasteiger partial charge on any atom is -0.302 e. The van der Waals surface area contributed by atoms with Crippen LogP contribution in [0.1, 0.15) is 21.8 Å². The van der Waals surface area contributed by atoms with Crippen molar-refractivity contribution in [1.29, 1.82) is 0 Å². The largest absolute Gasteiger partial charge is 0.416 e. The molecule has 0 radical (unpaired) electrons. The van der Waals surface area contributed by atoms with Crippen LogP contribution in [0.2, 0.25) is 0 Å². The Morgan fingerprint density at radius 3 is 2.70 bits per heavy atom. The van der Waals surface area contributed by atoms with Crippen molar-refractivity contribution in [3.63, 3.8) is 0 Å². The molecule has 3 aromatic rings. The maximum Gasteiger partial charge on any atom is 0.416 e. The van der Waals surface area contributed by atoms with Crippen LogP contribution in [0, 0.1) is 19.8 Å². The van der Waals surface area contributed by atoms with Crippen LogP contribution < -0.4 is 5.32 Å². The third kappa shape index (κ3) is 4.55. The number of aryl methyl sites for hydroxylation is 2. The molecule has 0 aliphatic carbocycles. The Morgan fingerprint density at radius 1 is 1.27 bits per heavy atom. The standard InChI is InChI=1S/C20H19F3N4OS2/c1-11-17(30-12(2)24-11)16-10-29-19(25-16)26-18(28)14-8-27(9-14)7-13-4-3-5-15(6-13)20(21,22)23/h3-6,10,14H,7-9H2,1-2H3,(H,25,26,28). The van der Waals surface area contributed by atoms with Crippen molar-refractivity contribution in [2.75, 3.05) is 18.4 Å². The summed E-state index contributed by atoms with van der Waals surface area (Å²) in [4.78, 5) is 24.3. The first-order valence-electron chi connectivity index (χ1n) is 9.28. The number of carbonyl (C=O) groups excluding carboxylic acids is 1. The first-order valence-corrected chi connectivity index (χ1v) is 11.0. The lowest BCUT2D eigenvalue weighted by atomic mass is 9.98. The Kier molecular flexibility index (Phi) is 5.65. The summed E-state index contributed by atoms with van der Waals surface area (Å²) in [5, 5.41) is 6.26. The molecule has 1 aliphatic heterocycles. The Bertz CT molecular complexity index is 1070. The molecule has 10 heteroatoms. The summed E-state index contributed by atoms with van der Waals surface area (Å²) < 4.78 is 38.5. The second kappa shape index (κ2) is 8.09. The van der Waals surface area contributed by atoms with Crippen LogP contribution in [-0.4, -0.2) is 33.9 Å². The zero-order chi connectivity index (χ0) is 21.5. The van der Waals surface area contributed by atoms with Crippen LogP contribution in [0.4, 0.5) is 18.3 Å². The van der Waals surface area contributed by atoms with Crippen molar-refractivity contribution in [2.45, 2.75) is 26.6 Å². The minimum atomic E-state index is -4.35. The number of hydrogen-bond donors (Lipinski definition) is 1. The minimum absolute atomic E-state index is 0.117. The van der Waals surface area contributed by atoms with E-state index in [0.717, 1.165) is 33.4 Å². The van der Waals surface area contributed by atoms with E-state index in [1.807, 2.05) is 24.1 Å². The number of nitrogens with one attached hydrogen (secondary N) is 1.